The fraction of sp³-hybridized carbons (Fsp3) is 0.600. The monoisotopic (exact) mass is 226 g/mol. The van der Waals surface area contributed by atoms with E-state index in [1.807, 2.05) is 19.2 Å². The van der Waals surface area contributed by atoms with Gasteiger partial charge in [-0.25, -0.2) is 9.97 Å². The summed E-state index contributed by atoms with van der Waals surface area (Å²) in [5.74, 6) is 2.10. The zero-order chi connectivity index (χ0) is 10.0. The summed E-state index contributed by atoms with van der Waals surface area (Å²) in [5.41, 5.74) is 1.53. The van der Waals surface area contributed by atoms with Gasteiger partial charge < -0.3 is 0 Å². The Hall–Kier alpha value is -0.220. The minimum atomic E-state index is 0.487. The van der Waals surface area contributed by atoms with Crippen LogP contribution in [0.25, 0.3) is 0 Å². The van der Waals surface area contributed by atoms with Crippen LogP contribution in [0.15, 0.2) is 17.4 Å². The number of thiol groups is 1. The van der Waals surface area contributed by atoms with Gasteiger partial charge in [-0.15, -0.1) is 0 Å². The van der Waals surface area contributed by atoms with Gasteiger partial charge in [-0.3, -0.25) is 0 Å². The molecule has 2 rings (SSSR count). The second-order valence-electron chi connectivity index (χ2n) is 3.93. The number of thioether (sulfide) groups is 1. The maximum atomic E-state index is 4.38. The van der Waals surface area contributed by atoms with Gasteiger partial charge in [0.1, 0.15) is 0 Å². The van der Waals surface area contributed by atoms with E-state index in [0.717, 1.165) is 22.4 Å². The lowest BCUT2D eigenvalue weighted by Crippen LogP contribution is -2.06. The third-order valence-corrected chi connectivity index (χ3v) is 4.46. The van der Waals surface area contributed by atoms with E-state index >= 15 is 0 Å². The molecule has 76 valence electrons. The molecule has 0 spiro atoms. The molecule has 0 unspecified atom stereocenters. The largest absolute Gasteiger partial charge is 0.231 e. The first-order valence-corrected chi connectivity index (χ1v) is 6.39. The molecular formula is C10H14N2S2. The van der Waals surface area contributed by atoms with E-state index in [2.05, 4.69) is 22.6 Å². The standard InChI is InChI=1S/C10H14N2S2/c1-8-2-5-11-9(12-8)14-7-10(6-13)3-4-10/h2,5,13H,3-4,6-7H2,1H3. The molecule has 0 radical (unpaired) electrons. The molecular weight excluding hydrogens is 212 g/mol. The Bertz CT molecular complexity index is 324. The number of hydrogen-bond acceptors (Lipinski definition) is 4. The summed E-state index contributed by atoms with van der Waals surface area (Å²) < 4.78 is 0. The maximum absolute atomic E-state index is 4.38. The van der Waals surface area contributed by atoms with Crippen molar-refractivity contribution in [2.24, 2.45) is 5.41 Å². The lowest BCUT2D eigenvalue weighted by atomic mass is 10.2. The van der Waals surface area contributed by atoms with Gasteiger partial charge in [0.25, 0.3) is 0 Å². The topological polar surface area (TPSA) is 25.8 Å². The number of aryl methyl sites for hydroxylation is 1. The van der Waals surface area contributed by atoms with Gasteiger partial charge in [0.2, 0.25) is 0 Å². The van der Waals surface area contributed by atoms with Gasteiger partial charge in [-0.2, -0.15) is 12.6 Å². The van der Waals surface area contributed by atoms with Crippen LogP contribution in [0, 0.1) is 12.3 Å². The highest BCUT2D eigenvalue weighted by atomic mass is 32.2. The van der Waals surface area contributed by atoms with Crippen LogP contribution in [0.1, 0.15) is 18.5 Å². The summed E-state index contributed by atoms with van der Waals surface area (Å²) in [4.78, 5) is 8.60. The Morgan fingerprint density at radius 1 is 1.57 bits per heavy atom. The molecule has 1 aromatic rings. The summed E-state index contributed by atoms with van der Waals surface area (Å²) in [6.07, 6.45) is 4.45. The Morgan fingerprint density at radius 2 is 2.36 bits per heavy atom. The van der Waals surface area contributed by atoms with Gasteiger partial charge in [-0.1, -0.05) is 11.8 Å². The first-order valence-electron chi connectivity index (χ1n) is 4.77. The summed E-state index contributed by atoms with van der Waals surface area (Å²) >= 11 is 6.13. The molecule has 0 aromatic carbocycles. The van der Waals surface area contributed by atoms with Crippen LogP contribution >= 0.6 is 24.4 Å². The normalized spacial score (nSPS) is 18.1. The highest BCUT2D eigenvalue weighted by Gasteiger charge is 2.41. The van der Waals surface area contributed by atoms with Crippen molar-refractivity contribution in [3.05, 3.63) is 18.0 Å². The lowest BCUT2D eigenvalue weighted by molar-refractivity contribution is 0.681. The smallest absolute Gasteiger partial charge is 0.187 e. The SMILES string of the molecule is Cc1ccnc(SCC2(CS)CC2)n1. The maximum Gasteiger partial charge on any atom is 0.187 e. The van der Waals surface area contributed by atoms with E-state index in [1.54, 1.807) is 11.8 Å². The second kappa shape index (κ2) is 4.11. The molecule has 14 heavy (non-hydrogen) atoms. The first-order chi connectivity index (χ1) is 6.74. The second-order valence-corrected chi connectivity index (χ2v) is 5.19. The number of aromatic nitrogens is 2. The van der Waals surface area contributed by atoms with E-state index in [-0.39, 0.29) is 0 Å². The van der Waals surface area contributed by atoms with Crippen molar-refractivity contribution in [2.75, 3.05) is 11.5 Å². The molecule has 1 aliphatic rings. The molecule has 0 atom stereocenters. The van der Waals surface area contributed by atoms with Crippen LogP contribution in [0.5, 0.6) is 0 Å². The minimum Gasteiger partial charge on any atom is -0.231 e. The van der Waals surface area contributed by atoms with Crippen molar-refractivity contribution in [1.29, 1.82) is 0 Å². The van der Waals surface area contributed by atoms with Crippen molar-refractivity contribution >= 4 is 24.4 Å². The van der Waals surface area contributed by atoms with E-state index in [0.29, 0.717) is 5.41 Å². The highest BCUT2D eigenvalue weighted by Crippen LogP contribution is 2.49. The van der Waals surface area contributed by atoms with Crippen LogP contribution in [0.2, 0.25) is 0 Å². The molecule has 1 fully saturated rings. The van der Waals surface area contributed by atoms with Gasteiger partial charge in [0.05, 0.1) is 0 Å². The molecule has 1 heterocycles. The molecule has 0 bridgehead atoms. The zero-order valence-electron chi connectivity index (χ0n) is 8.23. The summed E-state index contributed by atoms with van der Waals surface area (Å²) in [7, 11) is 0. The van der Waals surface area contributed by atoms with Crippen molar-refractivity contribution in [3.63, 3.8) is 0 Å². The zero-order valence-corrected chi connectivity index (χ0v) is 9.94. The number of nitrogens with zero attached hydrogens (tertiary/aromatic N) is 2. The molecule has 1 aromatic heterocycles. The molecule has 0 N–H and O–H groups in total. The Kier molecular flexibility index (Phi) is 3.02. The average molecular weight is 226 g/mol. The quantitative estimate of drug-likeness (QED) is 0.485. The van der Waals surface area contributed by atoms with E-state index in [9.17, 15) is 0 Å². The molecule has 4 heteroatoms. The van der Waals surface area contributed by atoms with Crippen molar-refractivity contribution in [2.45, 2.75) is 24.9 Å². The average Bonchev–Trinajstić information content (AvgIpc) is 2.96. The van der Waals surface area contributed by atoms with Crippen molar-refractivity contribution in [1.82, 2.24) is 9.97 Å². The van der Waals surface area contributed by atoms with E-state index < -0.39 is 0 Å². The minimum absolute atomic E-state index is 0.487. The molecule has 0 amide bonds. The lowest BCUT2D eigenvalue weighted by Gasteiger charge is -2.09. The van der Waals surface area contributed by atoms with Gasteiger partial charge >= 0.3 is 0 Å². The van der Waals surface area contributed by atoms with Crippen molar-refractivity contribution < 1.29 is 0 Å². The number of rotatable bonds is 4. The van der Waals surface area contributed by atoms with E-state index in [4.69, 9.17) is 0 Å². The first kappa shape index (κ1) is 10.3. The van der Waals surface area contributed by atoms with Crippen LogP contribution in [-0.4, -0.2) is 21.5 Å². The fourth-order valence-corrected chi connectivity index (χ4v) is 2.99. The van der Waals surface area contributed by atoms with Crippen LogP contribution in [0.4, 0.5) is 0 Å². The third-order valence-electron chi connectivity index (χ3n) is 2.57. The van der Waals surface area contributed by atoms with Gasteiger partial charge in [-0.05, 0) is 37.0 Å². The van der Waals surface area contributed by atoms with Crippen LogP contribution in [-0.2, 0) is 0 Å². The number of hydrogen-bond donors (Lipinski definition) is 1. The third kappa shape index (κ3) is 2.42. The molecule has 1 saturated carbocycles. The predicted molar refractivity (Wildman–Crippen MR) is 63.0 cm³/mol. The predicted octanol–water partition coefficient (Wildman–Crippen LogP) is 2.59. The Morgan fingerprint density at radius 3 is 2.93 bits per heavy atom. The van der Waals surface area contributed by atoms with Crippen LogP contribution in [0.3, 0.4) is 0 Å². The van der Waals surface area contributed by atoms with Gasteiger partial charge in [0.15, 0.2) is 5.16 Å². The Labute approximate surface area is 94.3 Å². The van der Waals surface area contributed by atoms with Crippen LogP contribution < -0.4 is 0 Å². The van der Waals surface area contributed by atoms with Crippen molar-refractivity contribution in [3.8, 4) is 0 Å². The summed E-state index contributed by atoms with van der Waals surface area (Å²) in [6.45, 7) is 2.00. The summed E-state index contributed by atoms with van der Waals surface area (Å²) in [6, 6.07) is 1.93. The highest BCUT2D eigenvalue weighted by molar-refractivity contribution is 7.99. The Balaban J connectivity index is 1.92. The fourth-order valence-electron chi connectivity index (χ4n) is 1.24. The molecule has 0 saturated heterocycles. The molecule has 0 aliphatic heterocycles. The molecule has 2 nitrogen and oxygen atoms in total. The molecule has 1 aliphatic carbocycles. The summed E-state index contributed by atoms with van der Waals surface area (Å²) in [5, 5.41) is 0.901. The van der Waals surface area contributed by atoms with E-state index in [1.165, 1.54) is 12.8 Å². The van der Waals surface area contributed by atoms with Gasteiger partial charge in [0, 0.05) is 17.6 Å².